The predicted octanol–water partition coefficient (Wildman–Crippen LogP) is -0.894. The Morgan fingerprint density at radius 1 is 1.56 bits per heavy atom. The summed E-state index contributed by atoms with van der Waals surface area (Å²) >= 11 is 0. The minimum Gasteiger partial charge on any atom is -0.377 e. The fourth-order valence-corrected chi connectivity index (χ4v) is 1.36. The molecule has 0 bridgehead atoms. The molecule has 0 fully saturated rings. The van der Waals surface area contributed by atoms with Gasteiger partial charge in [-0.2, -0.15) is 0 Å². The van der Waals surface area contributed by atoms with Crippen LogP contribution in [-0.4, -0.2) is 38.7 Å². The highest BCUT2D eigenvalue weighted by Gasteiger charge is 2.09. The van der Waals surface area contributed by atoms with Crippen molar-refractivity contribution < 1.29 is 9.53 Å². The van der Waals surface area contributed by atoms with Crippen molar-refractivity contribution in [3.05, 3.63) is 29.1 Å². The number of ketones is 1. The topological polar surface area (TPSA) is 78.5 Å². The molecule has 0 aliphatic heterocycles. The molecule has 0 saturated carbocycles. The first-order valence-corrected chi connectivity index (χ1v) is 4.62. The SMILES string of the molecule is COCC(=O)Cn1nc2cnccn2c1=O. The average Bonchev–Trinajstić information content (AvgIpc) is 2.57. The number of nitrogens with zero attached hydrogens (tertiary/aromatic N) is 4. The number of methoxy groups -OCH3 is 1. The molecular formula is C9H10N4O3. The van der Waals surface area contributed by atoms with Gasteiger partial charge in [-0.05, 0) is 0 Å². The molecule has 2 aromatic rings. The summed E-state index contributed by atoms with van der Waals surface area (Å²) in [6.45, 7) is -0.118. The highest BCUT2D eigenvalue weighted by Crippen LogP contribution is 1.92. The van der Waals surface area contributed by atoms with Gasteiger partial charge in [0.15, 0.2) is 11.4 Å². The highest BCUT2D eigenvalue weighted by atomic mass is 16.5. The van der Waals surface area contributed by atoms with Crippen LogP contribution in [0.25, 0.3) is 5.65 Å². The fourth-order valence-electron chi connectivity index (χ4n) is 1.36. The number of ether oxygens (including phenoxy) is 1. The summed E-state index contributed by atoms with van der Waals surface area (Å²) in [5, 5.41) is 3.96. The summed E-state index contributed by atoms with van der Waals surface area (Å²) in [7, 11) is 1.42. The van der Waals surface area contributed by atoms with Crippen LogP contribution in [0.15, 0.2) is 23.4 Å². The smallest absolute Gasteiger partial charge is 0.350 e. The Morgan fingerprint density at radius 3 is 3.06 bits per heavy atom. The molecule has 0 radical (unpaired) electrons. The number of carbonyl (C=O) groups is 1. The summed E-state index contributed by atoms with van der Waals surface area (Å²) in [4.78, 5) is 26.8. The van der Waals surface area contributed by atoms with Crippen LogP contribution in [0.4, 0.5) is 0 Å². The number of Topliss-reactive ketones (excluding diaryl/α,β-unsaturated/α-hetero) is 1. The summed E-state index contributed by atoms with van der Waals surface area (Å²) in [5.41, 5.74) is 0.0552. The number of hydrogen-bond donors (Lipinski definition) is 0. The molecule has 16 heavy (non-hydrogen) atoms. The van der Waals surface area contributed by atoms with E-state index in [1.165, 1.54) is 30.1 Å². The Hall–Kier alpha value is -2.02. The van der Waals surface area contributed by atoms with Crippen LogP contribution in [0.1, 0.15) is 0 Å². The molecule has 7 heteroatoms. The van der Waals surface area contributed by atoms with E-state index in [4.69, 9.17) is 0 Å². The Balaban J connectivity index is 2.35. The minimum atomic E-state index is -0.359. The molecule has 0 aliphatic carbocycles. The zero-order valence-corrected chi connectivity index (χ0v) is 8.66. The van der Waals surface area contributed by atoms with Crippen molar-refractivity contribution in [3.8, 4) is 0 Å². The normalized spacial score (nSPS) is 10.8. The van der Waals surface area contributed by atoms with Gasteiger partial charge in [-0.25, -0.2) is 13.9 Å². The standard InChI is InChI=1S/C9H10N4O3/c1-16-6-7(14)5-13-9(15)12-3-2-10-4-8(12)11-13/h2-4H,5-6H2,1H3. The lowest BCUT2D eigenvalue weighted by molar-refractivity contribution is -0.123. The second kappa shape index (κ2) is 4.23. The minimum absolute atomic E-state index is 0.0292. The number of rotatable bonds is 4. The first-order valence-electron chi connectivity index (χ1n) is 4.62. The number of carbonyl (C=O) groups excluding carboxylic acids is 1. The maximum absolute atomic E-state index is 11.7. The van der Waals surface area contributed by atoms with E-state index < -0.39 is 0 Å². The first-order chi connectivity index (χ1) is 7.72. The lowest BCUT2D eigenvalue weighted by atomic mass is 10.4. The summed E-state index contributed by atoms with van der Waals surface area (Å²) in [5.74, 6) is -0.207. The van der Waals surface area contributed by atoms with Gasteiger partial charge < -0.3 is 4.74 Å². The lowest BCUT2D eigenvalue weighted by Gasteiger charge is -1.97. The largest absolute Gasteiger partial charge is 0.377 e. The van der Waals surface area contributed by atoms with E-state index >= 15 is 0 Å². The van der Waals surface area contributed by atoms with E-state index in [1.54, 1.807) is 0 Å². The molecule has 2 aromatic heterocycles. The van der Waals surface area contributed by atoms with Crippen molar-refractivity contribution in [2.75, 3.05) is 13.7 Å². The molecule has 0 unspecified atom stereocenters. The zero-order valence-electron chi connectivity index (χ0n) is 8.66. The van der Waals surface area contributed by atoms with Gasteiger partial charge in [0.25, 0.3) is 0 Å². The van der Waals surface area contributed by atoms with Crippen LogP contribution in [0, 0.1) is 0 Å². The molecule has 0 N–H and O–H groups in total. The van der Waals surface area contributed by atoms with Crippen molar-refractivity contribution in [2.45, 2.75) is 6.54 Å². The van der Waals surface area contributed by atoms with E-state index in [2.05, 4.69) is 14.8 Å². The molecule has 0 atom stereocenters. The van der Waals surface area contributed by atoms with Crippen molar-refractivity contribution >= 4 is 11.4 Å². The molecule has 0 aliphatic rings. The zero-order chi connectivity index (χ0) is 11.5. The van der Waals surface area contributed by atoms with Gasteiger partial charge in [0.05, 0.1) is 6.20 Å². The Labute approximate surface area is 90.3 Å². The molecule has 0 aromatic carbocycles. The van der Waals surface area contributed by atoms with Crippen molar-refractivity contribution in [2.24, 2.45) is 0 Å². The van der Waals surface area contributed by atoms with Gasteiger partial charge in [0, 0.05) is 19.5 Å². The van der Waals surface area contributed by atoms with Crippen LogP contribution in [0.5, 0.6) is 0 Å². The van der Waals surface area contributed by atoms with Crippen LogP contribution >= 0.6 is 0 Å². The molecule has 7 nitrogen and oxygen atoms in total. The van der Waals surface area contributed by atoms with E-state index in [-0.39, 0.29) is 24.6 Å². The van der Waals surface area contributed by atoms with Crippen LogP contribution in [0.3, 0.4) is 0 Å². The molecule has 84 valence electrons. The Morgan fingerprint density at radius 2 is 2.38 bits per heavy atom. The number of aromatic nitrogens is 4. The Bertz CT molecular complexity index is 571. The molecule has 2 heterocycles. The van der Waals surface area contributed by atoms with E-state index in [1.807, 2.05) is 0 Å². The second-order valence-corrected chi connectivity index (χ2v) is 3.22. The quantitative estimate of drug-likeness (QED) is 0.670. The van der Waals surface area contributed by atoms with Gasteiger partial charge in [-0.3, -0.25) is 9.78 Å². The van der Waals surface area contributed by atoms with E-state index in [0.29, 0.717) is 5.65 Å². The second-order valence-electron chi connectivity index (χ2n) is 3.22. The van der Waals surface area contributed by atoms with Gasteiger partial charge >= 0.3 is 5.69 Å². The maximum atomic E-state index is 11.7. The van der Waals surface area contributed by atoms with Crippen LogP contribution < -0.4 is 5.69 Å². The molecule has 0 spiro atoms. The third-order valence-corrected chi connectivity index (χ3v) is 2.02. The third-order valence-electron chi connectivity index (χ3n) is 2.02. The van der Waals surface area contributed by atoms with Crippen LogP contribution in [-0.2, 0) is 16.1 Å². The predicted molar refractivity (Wildman–Crippen MR) is 54.1 cm³/mol. The number of fused-ring (bicyclic) bond motifs is 1. The van der Waals surface area contributed by atoms with E-state index in [0.717, 1.165) is 4.68 Å². The van der Waals surface area contributed by atoms with Gasteiger partial charge in [-0.15, -0.1) is 5.10 Å². The van der Waals surface area contributed by atoms with Crippen molar-refractivity contribution in [1.29, 1.82) is 0 Å². The van der Waals surface area contributed by atoms with Gasteiger partial charge in [0.1, 0.15) is 13.2 Å². The first kappa shape index (κ1) is 10.5. The van der Waals surface area contributed by atoms with Crippen molar-refractivity contribution in [3.63, 3.8) is 0 Å². The molecular weight excluding hydrogens is 212 g/mol. The maximum Gasteiger partial charge on any atom is 0.350 e. The monoisotopic (exact) mass is 222 g/mol. The molecule has 2 rings (SSSR count). The highest BCUT2D eigenvalue weighted by molar-refractivity contribution is 5.79. The fraction of sp³-hybridized carbons (Fsp3) is 0.333. The molecule has 0 amide bonds. The van der Waals surface area contributed by atoms with E-state index in [9.17, 15) is 9.59 Å². The Kier molecular flexibility index (Phi) is 2.78. The molecule has 0 saturated heterocycles. The van der Waals surface area contributed by atoms with Crippen LogP contribution in [0.2, 0.25) is 0 Å². The van der Waals surface area contributed by atoms with Gasteiger partial charge in [0.2, 0.25) is 0 Å². The number of hydrogen-bond acceptors (Lipinski definition) is 5. The summed E-state index contributed by atoms with van der Waals surface area (Å²) in [6.07, 6.45) is 4.44. The summed E-state index contributed by atoms with van der Waals surface area (Å²) < 4.78 is 7.10. The lowest BCUT2D eigenvalue weighted by Crippen LogP contribution is -2.26. The summed E-state index contributed by atoms with van der Waals surface area (Å²) in [6, 6.07) is 0. The van der Waals surface area contributed by atoms with Gasteiger partial charge in [-0.1, -0.05) is 0 Å². The average molecular weight is 222 g/mol. The van der Waals surface area contributed by atoms with Crippen molar-refractivity contribution in [1.82, 2.24) is 19.2 Å². The third kappa shape index (κ3) is 1.84.